The van der Waals surface area contributed by atoms with Crippen LogP contribution in [0.15, 0.2) is 35.7 Å². The first kappa shape index (κ1) is 20.5. The fourth-order valence-electron chi connectivity index (χ4n) is 3.51. The Morgan fingerprint density at radius 1 is 1.32 bits per heavy atom. The van der Waals surface area contributed by atoms with E-state index in [1.807, 2.05) is 18.2 Å². The molecule has 1 aromatic heterocycles. The lowest BCUT2D eigenvalue weighted by Crippen LogP contribution is -2.37. The lowest BCUT2D eigenvalue weighted by molar-refractivity contribution is 0.0672. The average molecular weight is 402 g/mol. The molecule has 3 rings (SSSR count). The fraction of sp³-hybridized carbons (Fsp3) is 0.476. The second-order valence-electron chi connectivity index (χ2n) is 7.57. The van der Waals surface area contributed by atoms with Crippen molar-refractivity contribution in [3.05, 3.63) is 52.0 Å². The highest BCUT2D eigenvalue weighted by Crippen LogP contribution is 2.27. The van der Waals surface area contributed by atoms with Crippen LogP contribution in [0.5, 0.6) is 0 Å². The lowest BCUT2D eigenvalue weighted by atomic mass is 10.0. The minimum absolute atomic E-state index is 0.0220. The van der Waals surface area contributed by atoms with Gasteiger partial charge in [-0.05, 0) is 37.3 Å². The summed E-state index contributed by atoms with van der Waals surface area (Å²) in [6, 6.07) is 8.73. The third-order valence-electron chi connectivity index (χ3n) is 4.94. The van der Waals surface area contributed by atoms with Crippen molar-refractivity contribution in [2.45, 2.75) is 45.2 Å². The van der Waals surface area contributed by atoms with E-state index >= 15 is 0 Å². The molecule has 0 aliphatic carbocycles. The van der Waals surface area contributed by atoms with Crippen molar-refractivity contribution >= 4 is 23.2 Å². The van der Waals surface area contributed by atoms with Gasteiger partial charge in [0, 0.05) is 17.5 Å². The van der Waals surface area contributed by atoms with Crippen molar-refractivity contribution in [3.8, 4) is 0 Å². The number of hydrogen-bond acceptors (Lipinski definition) is 5. The summed E-state index contributed by atoms with van der Waals surface area (Å²) in [5, 5.41) is 15.0. The minimum Gasteiger partial charge on any atom is -0.394 e. The molecule has 0 saturated carbocycles. The molecule has 2 heterocycles. The van der Waals surface area contributed by atoms with Crippen LogP contribution in [-0.2, 0) is 0 Å². The zero-order valence-corrected chi connectivity index (χ0v) is 17.1. The largest absolute Gasteiger partial charge is 0.394 e. The molecule has 1 aliphatic heterocycles. The van der Waals surface area contributed by atoms with Crippen LogP contribution in [-0.4, -0.2) is 46.0 Å². The monoisotopic (exact) mass is 401 g/mol. The maximum atomic E-state index is 12.8. The van der Waals surface area contributed by atoms with E-state index in [9.17, 15) is 14.7 Å². The normalized spacial score (nSPS) is 17.7. The number of nitrogens with zero attached hydrogens (tertiary/aromatic N) is 2. The molecule has 2 N–H and O–H groups in total. The van der Waals surface area contributed by atoms with E-state index in [1.165, 1.54) is 11.3 Å². The zero-order valence-electron chi connectivity index (χ0n) is 16.3. The summed E-state index contributed by atoms with van der Waals surface area (Å²) in [5.74, 6) is 0.0763. The van der Waals surface area contributed by atoms with E-state index in [-0.39, 0.29) is 30.5 Å². The van der Waals surface area contributed by atoms with Gasteiger partial charge in [-0.2, -0.15) is 0 Å². The van der Waals surface area contributed by atoms with Gasteiger partial charge >= 0.3 is 0 Å². The molecule has 2 amide bonds. The van der Waals surface area contributed by atoms with Gasteiger partial charge in [0.05, 0.1) is 18.7 Å². The van der Waals surface area contributed by atoms with Gasteiger partial charge in [0.15, 0.2) is 0 Å². The van der Waals surface area contributed by atoms with Crippen LogP contribution in [0, 0.1) is 5.92 Å². The second kappa shape index (κ2) is 9.30. The summed E-state index contributed by atoms with van der Waals surface area (Å²) in [6.45, 7) is 4.82. The Morgan fingerprint density at radius 2 is 2.07 bits per heavy atom. The standard InChI is InChI=1S/C21H27N3O3S/c1-14(2)11-17(22-19(26)15-7-4-3-5-8-15)20-23-18(13-28-20)21(27)24-10-6-9-16(24)12-25/h3-5,7-8,13-14,16-17,25H,6,9-12H2,1-2H3,(H,22,26)/t16-,17-/m0/s1. The number of carbonyl (C=O) groups is 2. The molecule has 1 fully saturated rings. The van der Waals surface area contributed by atoms with Gasteiger partial charge in [-0.25, -0.2) is 4.98 Å². The van der Waals surface area contributed by atoms with E-state index < -0.39 is 0 Å². The third kappa shape index (κ3) is 4.77. The molecule has 0 unspecified atom stereocenters. The molecule has 0 radical (unpaired) electrons. The number of thiazole rings is 1. The number of rotatable bonds is 7. The molecule has 150 valence electrons. The van der Waals surface area contributed by atoms with Crippen molar-refractivity contribution in [3.63, 3.8) is 0 Å². The maximum absolute atomic E-state index is 12.8. The topological polar surface area (TPSA) is 82.5 Å². The van der Waals surface area contributed by atoms with Crippen LogP contribution < -0.4 is 5.32 Å². The summed E-state index contributed by atoms with van der Waals surface area (Å²) in [7, 11) is 0. The number of likely N-dealkylation sites (tertiary alicyclic amines) is 1. The number of aromatic nitrogens is 1. The molecule has 7 heteroatoms. The van der Waals surface area contributed by atoms with Crippen LogP contribution in [0.25, 0.3) is 0 Å². The van der Waals surface area contributed by atoms with E-state index in [0.29, 0.717) is 23.7 Å². The fourth-order valence-corrected chi connectivity index (χ4v) is 4.37. The SMILES string of the molecule is CC(C)C[C@H](NC(=O)c1ccccc1)c1nc(C(=O)N2CCC[C@H]2CO)cs1. The number of hydrogen-bond donors (Lipinski definition) is 2. The smallest absolute Gasteiger partial charge is 0.273 e. The van der Waals surface area contributed by atoms with Crippen LogP contribution in [0.1, 0.15) is 65.0 Å². The van der Waals surface area contributed by atoms with Crippen molar-refractivity contribution in [2.24, 2.45) is 5.92 Å². The lowest BCUT2D eigenvalue weighted by Gasteiger charge is -2.22. The summed E-state index contributed by atoms with van der Waals surface area (Å²) < 4.78 is 0. The van der Waals surface area contributed by atoms with Crippen molar-refractivity contribution in [1.29, 1.82) is 0 Å². The van der Waals surface area contributed by atoms with E-state index in [0.717, 1.165) is 24.3 Å². The summed E-state index contributed by atoms with van der Waals surface area (Å²) in [6.07, 6.45) is 2.46. The molecular weight excluding hydrogens is 374 g/mol. The van der Waals surface area contributed by atoms with E-state index in [4.69, 9.17) is 0 Å². The summed E-state index contributed by atoms with van der Waals surface area (Å²) in [4.78, 5) is 31.7. The third-order valence-corrected chi connectivity index (χ3v) is 5.89. The number of benzene rings is 1. The molecule has 2 aromatic rings. The van der Waals surface area contributed by atoms with Crippen molar-refractivity contribution in [1.82, 2.24) is 15.2 Å². The van der Waals surface area contributed by atoms with Gasteiger partial charge < -0.3 is 15.3 Å². The summed E-state index contributed by atoms with van der Waals surface area (Å²) >= 11 is 1.40. The highest BCUT2D eigenvalue weighted by molar-refractivity contribution is 7.09. The molecule has 0 spiro atoms. The minimum atomic E-state index is -0.244. The first-order valence-electron chi connectivity index (χ1n) is 9.72. The highest BCUT2D eigenvalue weighted by Gasteiger charge is 2.31. The number of aliphatic hydroxyl groups excluding tert-OH is 1. The Kier molecular flexibility index (Phi) is 6.80. The average Bonchev–Trinajstić information content (AvgIpc) is 3.36. The Balaban J connectivity index is 1.76. The van der Waals surface area contributed by atoms with Crippen LogP contribution in [0.2, 0.25) is 0 Å². The Bertz CT molecular complexity index is 806. The van der Waals surface area contributed by atoms with Gasteiger partial charge in [-0.1, -0.05) is 32.0 Å². The van der Waals surface area contributed by atoms with E-state index in [1.54, 1.807) is 22.4 Å². The Morgan fingerprint density at radius 3 is 2.75 bits per heavy atom. The van der Waals surface area contributed by atoms with Gasteiger partial charge in [-0.15, -0.1) is 11.3 Å². The molecule has 1 aromatic carbocycles. The molecule has 1 aliphatic rings. The first-order chi connectivity index (χ1) is 13.5. The number of amides is 2. The van der Waals surface area contributed by atoms with Gasteiger partial charge in [0.2, 0.25) is 0 Å². The van der Waals surface area contributed by atoms with Crippen molar-refractivity contribution in [2.75, 3.05) is 13.2 Å². The first-order valence-corrected chi connectivity index (χ1v) is 10.6. The molecule has 1 saturated heterocycles. The van der Waals surface area contributed by atoms with Gasteiger partial charge in [0.25, 0.3) is 11.8 Å². The molecule has 2 atom stereocenters. The number of aliphatic hydroxyl groups is 1. The maximum Gasteiger partial charge on any atom is 0.273 e. The summed E-state index contributed by atoms with van der Waals surface area (Å²) in [5.41, 5.74) is 0.995. The molecule has 28 heavy (non-hydrogen) atoms. The highest BCUT2D eigenvalue weighted by atomic mass is 32.1. The second-order valence-corrected chi connectivity index (χ2v) is 8.46. The van der Waals surface area contributed by atoms with Gasteiger partial charge in [0.1, 0.15) is 10.7 Å². The molecular formula is C21H27N3O3S. The van der Waals surface area contributed by atoms with Crippen molar-refractivity contribution < 1.29 is 14.7 Å². The van der Waals surface area contributed by atoms with Crippen LogP contribution in [0.4, 0.5) is 0 Å². The predicted molar refractivity (Wildman–Crippen MR) is 109 cm³/mol. The van der Waals surface area contributed by atoms with Crippen LogP contribution >= 0.6 is 11.3 Å². The molecule has 0 bridgehead atoms. The van der Waals surface area contributed by atoms with Crippen LogP contribution in [0.3, 0.4) is 0 Å². The number of carbonyl (C=O) groups excluding carboxylic acids is 2. The number of nitrogens with one attached hydrogen (secondary N) is 1. The zero-order chi connectivity index (χ0) is 20.1. The quantitative estimate of drug-likeness (QED) is 0.746. The van der Waals surface area contributed by atoms with E-state index in [2.05, 4.69) is 24.1 Å². The van der Waals surface area contributed by atoms with Gasteiger partial charge in [-0.3, -0.25) is 9.59 Å². The Hall–Kier alpha value is -2.25. The Labute approximate surface area is 169 Å². The molecule has 6 nitrogen and oxygen atoms in total. The predicted octanol–water partition coefficient (Wildman–Crippen LogP) is 3.26.